The van der Waals surface area contributed by atoms with Crippen molar-refractivity contribution in [1.29, 1.82) is 0 Å². The van der Waals surface area contributed by atoms with Gasteiger partial charge in [0.25, 0.3) is 5.56 Å². The van der Waals surface area contributed by atoms with Gasteiger partial charge in [0, 0.05) is 18.7 Å². The second-order valence-electron chi connectivity index (χ2n) is 6.42. The van der Waals surface area contributed by atoms with E-state index in [0.717, 1.165) is 25.0 Å². The molecule has 0 radical (unpaired) electrons. The number of carbonyl (C=O) groups excluding carboxylic acids is 1. The zero-order valence-electron chi connectivity index (χ0n) is 14.7. The number of hydrogen-bond acceptors (Lipinski definition) is 4. The number of nitrogens with one attached hydrogen (secondary N) is 3. The zero-order valence-corrected chi connectivity index (χ0v) is 14.7. The summed E-state index contributed by atoms with van der Waals surface area (Å²) in [5.74, 6) is 0.0818. The first-order valence-electron chi connectivity index (χ1n) is 8.56. The lowest BCUT2D eigenvalue weighted by molar-refractivity contribution is -0.116. The maximum absolute atomic E-state index is 12.1. The van der Waals surface area contributed by atoms with Crippen LogP contribution >= 0.6 is 0 Å². The molecule has 0 atom stereocenters. The molecular formula is C17H27N5O2. The van der Waals surface area contributed by atoms with Gasteiger partial charge < -0.3 is 9.88 Å². The minimum absolute atomic E-state index is 0.117. The number of unbranched alkanes of at least 4 members (excludes halogenated alkanes) is 4. The van der Waals surface area contributed by atoms with Crippen molar-refractivity contribution in [3.05, 3.63) is 22.1 Å². The van der Waals surface area contributed by atoms with Crippen molar-refractivity contribution in [2.24, 2.45) is 0 Å². The van der Waals surface area contributed by atoms with Crippen LogP contribution in [0.4, 0.5) is 5.95 Å². The Bertz CT molecular complexity index is 732. The molecule has 0 aliphatic rings. The molecule has 24 heavy (non-hydrogen) atoms. The van der Waals surface area contributed by atoms with Gasteiger partial charge in [0.2, 0.25) is 11.9 Å². The largest absolute Gasteiger partial charge is 0.342 e. The Labute approximate surface area is 141 Å². The first-order valence-corrected chi connectivity index (χ1v) is 8.56. The third-order valence-corrected chi connectivity index (χ3v) is 3.80. The Morgan fingerprint density at radius 2 is 1.96 bits per heavy atom. The maximum Gasteiger partial charge on any atom is 0.261 e. The number of H-pyrrole nitrogens is 2. The number of anilines is 1. The lowest BCUT2D eigenvalue weighted by Crippen LogP contribution is -2.17. The third-order valence-electron chi connectivity index (χ3n) is 3.80. The van der Waals surface area contributed by atoms with Crippen LogP contribution in [0.5, 0.6) is 0 Å². The summed E-state index contributed by atoms with van der Waals surface area (Å²) in [4.78, 5) is 36.1. The maximum atomic E-state index is 12.1. The smallest absolute Gasteiger partial charge is 0.261 e. The van der Waals surface area contributed by atoms with Crippen molar-refractivity contribution < 1.29 is 4.79 Å². The number of amides is 1. The summed E-state index contributed by atoms with van der Waals surface area (Å²) in [6.07, 6.45) is 5.89. The molecule has 0 aromatic carbocycles. The Morgan fingerprint density at radius 3 is 2.67 bits per heavy atom. The Kier molecular flexibility index (Phi) is 6.54. The molecule has 0 aliphatic heterocycles. The summed E-state index contributed by atoms with van der Waals surface area (Å²) in [7, 11) is 3.91. The molecule has 0 saturated heterocycles. The monoisotopic (exact) mass is 333 g/mol. The number of aromatic nitrogens is 3. The summed E-state index contributed by atoms with van der Waals surface area (Å²) >= 11 is 0. The minimum atomic E-state index is -0.250. The number of fused-ring (bicyclic) bond motifs is 1. The van der Waals surface area contributed by atoms with Crippen molar-refractivity contribution in [2.75, 3.05) is 19.4 Å². The van der Waals surface area contributed by atoms with Crippen LogP contribution in [0.15, 0.2) is 10.9 Å². The van der Waals surface area contributed by atoms with E-state index >= 15 is 0 Å². The summed E-state index contributed by atoms with van der Waals surface area (Å²) in [6.45, 7) is 2.85. The molecule has 2 rings (SSSR count). The number of aromatic amines is 2. The molecule has 0 unspecified atom stereocenters. The lowest BCUT2D eigenvalue weighted by atomic mass is 10.1. The molecule has 3 N–H and O–H groups in total. The van der Waals surface area contributed by atoms with Gasteiger partial charge in [0.15, 0.2) is 0 Å². The highest BCUT2D eigenvalue weighted by Gasteiger charge is 2.10. The van der Waals surface area contributed by atoms with Crippen LogP contribution in [0.1, 0.15) is 51.1 Å². The van der Waals surface area contributed by atoms with Crippen molar-refractivity contribution in [1.82, 2.24) is 19.9 Å². The SMILES string of the molecule is CCCCCCCC(=O)Nc1nc2[nH]c(CN(C)C)cc2c(=O)[nH]1. The fourth-order valence-corrected chi connectivity index (χ4v) is 2.64. The van der Waals surface area contributed by atoms with Crippen molar-refractivity contribution in [3.63, 3.8) is 0 Å². The van der Waals surface area contributed by atoms with E-state index in [2.05, 4.69) is 27.2 Å². The number of hydrogen-bond donors (Lipinski definition) is 3. The minimum Gasteiger partial charge on any atom is -0.342 e. The molecule has 0 aliphatic carbocycles. The molecule has 0 fully saturated rings. The quantitative estimate of drug-likeness (QED) is 0.615. The molecule has 1 amide bonds. The predicted octanol–water partition coefficient (Wildman–Crippen LogP) is 2.61. The predicted molar refractivity (Wildman–Crippen MR) is 96.1 cm³/mol. The molecule has 132 valence electrons. The van der Waals surface area contributed by atoms with Gasteiger partial charge >= 0.3 is 0 Å². The van der Waals surface area contributed by atoms with E-state index < -0.39 is 0 Å². The fraction of sp³-hybridized carbons (Fsp3) is 0.588. The molecule has 7 nitrogen and oxygen atoms in total. The van der Waals surface area contributed by atoms with Gasteiger partial charge in [-0.2, -0.15) is 4.98 Å². The Balaban J connectivity index is 1.99. The molecule has 2 aromatic heterocycles. The van der Waals surface area contributed by atoms with Crippen LogP contribution in [0.25, 0.3) is 11.0 Å². The first-order chi connectivity index (χ1) is 11.5. The normalized spacial score (nSPS) is 11.3. The van der Waals surface area contributed by atoms with Gasteiger partial charge in [0.1, 0.15) is 5.65 Å². The standard InChI is InChI=1S/C17H27N5O2/c1-4-5-6-7-8-9-14(23)19-17-20-15-13(16(24)21-17)10-12(18-15)11-22(2)3/h10H,4-9,11H2,1-3H3,(H3,18,19,20,21,23,24). The van der Waals surface area contributed by atoms with Crippen LogP contribution in [0.2, 0.25) is 0 Å². The van der Waals surface area contributed by atoms with Crippen LogP contribution in [-0.4, -0.2) is 39.9 Å². The van der Waals surface area contributed by atoms with Gasteiger partial charge in [-0.05, 0) is 26.6 Å². The lowest BCUT2D eigenvalue weighted by Gasteiger charge is -2.06. The van der Waals surface area contributed by atoms with Crippen LogP contribution in [-0.2, 0) is 11.3 Å². The average Bonchev–Trinajstić information content (AvgIpc) is 2.89. The average molecular weight is 333 g/mol. The Morgan fingerprint density at radius 1 is 1.21 bits per heavy atom. The van der Waals surface area contributed by atoms with Crippen LogP contribution in [0, 0.1) is 0 Å². The van der Waals surface area contributed by atoms with Gasteiger partial charge in [-0.25, -0.2) is 0 Å². The van der Waals surface area contributed by atoms with E-state index in [4.69, 9.17) is 0 Å². The molecule has 2 aromatic rings. The first kappa shape index (κ1) is 18.2. The van der Waals surface area contributed by atoms with Gasteiger partial charge in [0.05, 0.1) is 5.39 Å². The second-order valence-corrected chi connectivity index (χ2v) is 6.42. The third kappa shape index (κ3) is 5.19. The summed E-state index contributed by atoms with van der Waals surface area (Å²) in [5.41, 5.74) is 1.15. The van der Waals surface area contributed by atoms with Gasteiger partial charge in [-0.3, -0.25) is 19.9 Å². The second kappa shape index (κ2) is 8.63. The molecule has 7 heteroatoms. The number of rotatable bonds is 9. The van der Waals surface area contributed by atoms with Crippen molar-refractivity contribution >= 4 is 22.9 Å². The van der Waals surface area contributed by atoms with Gasteiger partial charge in [-0.15, -0.1) is 0 Å². The van der Waals surface area contributed by atoms with E-state index in [1.807, 2.05) is 19.0 Å². The number of carbonyl (C=O) groups is 1. The molecular weight excluding hydrogens is 306 g/mol. The van der Waals surface area contributed by atoms with E-state index in [1.54, 1.807) is 6.07 Å². The zero-order chi connectivity index (χ0) is 17.5. The molecule has 0 bridgehead atoms. The highest BCUT2D eigenvalue weighted by atomic mass is 16.2. The van der Waals surface area contributed by atoms with Crippen molar-refractivity contribution in [2.45, 2.75) is 52.0 Å². The molecule has 0 spiro atoms. The van der Waals surface area contributed by atoms with Crippen molar-refractivity contribution in [3.8, 4) is 0 Å². The van der Waals surface area contributed by atoms with E-state index in [1.165, 1.54) is 12.8 Å². The topological polar surface area (TPSA) is 93.9 Å². The summed E-state index contributed by atoms with van der Waals surface area (Å²) in [5, 5.41) is 3.18. The van der Waals surface area contributed by atoms with E-state index in [9.17, 15) is 9.59 Å². The summed E-state index contributed by atoms with van der Waals surface area (Å²) in [6, 6.07) is 1.79. The number of nitrogens with zero attached hydrogens (tertiary/aromatic N) is 2. The van der Waals surface area contributed by atoms with E-state index in [0.29, 0.717) is 24.0 Å². The molecule has 0 saturated carbocycles. The van der Waals surface area contributed by atoms with Crippen LogP contribution in [0.3, 0.4) is 0 Å². The summed E-state index contributed by atoms with van der Waals surface area (Å²) < 4.78 is 0. The van der Waals surface area contributed by atoms with Gasteiger partial charge in [-0.1, -0.05) is 32.6 Å². The molecule has 2 heterocycles. The van der Waals surface area contributed by atoms with E-state index in [-0.39, 0.29) is 17.4 Å². The highest BCUT2D eigenvalue weighted by molar-refractivity contribution is 5.89. The Hall–Kier alpha value is -2.15. The highest BCUT2D eigenvalue weighted by Crippen LogP contribution is 2.12. The van der Waals surface area contributed by atoms with Crippen LogP contribution < -0.4 is 10.9 Å². The fourth-order valence-electron chi connectivity index (χ4n) is 2.64.